The van der Waals surface area contributed by atoms with E-state index in [0.29, 0.717) is 12.8 Å². The number of carbonyl (C=O) groups excluding carboxylic acids is 3. The number of nitrogens with zero attached hydrogens (tertiary/aromatic N) is 1. The van der Waals surface area contributed by atoms with E-state index in [4.69, 9.17) is 0 Å². The molecule has 3 amide bonds. The maximum absolute atomic E-state index is 12.7. The second-order valence-electron chi connectivity index (χ2n) is 6.68. The molecule has 0 radical (unpaired) electrons. The minimum Gasteiger partial charge on any atom is -0.323 e. The molecular formula is C17H20N2O5S. The topological polar surface area (TPSA) is 101 Å². The molecule has 1 saturated heterocycles. The fourth-order valence-electron chi connectivity index (χ4n) is 3.44. The third-order valence-corrected chi connectivity index (χ3v) is 5.99. The van der Waals surface area contributed by atoms with E-state index in [1.807, 2.05) is 0 Å². The zero-order valence-electron chi connectivity index (χ0n) is 13.9. The number of Topliss-reactive ketones (excluding diaryl/α,β-unsaturated/α-hetero) is 1. The third-order valence-electron chi connectivity index (χ3n) is 4.86. The summed E-state index contributed by atoms with van der Waals surface area (Å²) in [6, 6.07) is 4.95. The number of benzene rings is 1. The van der Waals surface area contributed by atoms with E-state index in [1.165, 1.54) is 24.3 Å². The second kappa shape index (κ2) is 6.25. The normalized spacial score (nSPS) is 20.0. The number of sulfone groups is 1. The number of imide groups is 1. The van der Waals surface area contributed by atoms with Crippen LogP contribution in [0.5, 0.6) is 0 Å². The minimum absolute atomic E-state index is 0.111. The summed E-state index contributed by atoms with van der Waals surface area (Å²) in [5.41, 5.74) is -0.590. The van der Waals surface area contributed by atoms with Gasteiger partial charge in [0.05, 0.1) is 11.4 Å². The molecule has 1 aromatic carbocycles. The highest BCUT2D eigenvalue weighted by Gasteiger charge is 2.51. The predicted octanol–water partition coefficient (Wildman–Crippen LogP) is 1.53. The van der Waals surface area contributed by atoms with Gasteiger partial charge in [0.2, 0.25) is 0 Å². The van der Waals surface area contributed by atoms with E-state index < -0.39 is 27.2 Å². The summed E-state index contributed by atoms with van der Waals surface area (Å²) in [6.07, 6.45) is 5.08. The fraction of sp³-hybridized carbons (Fsp3) is 0.471. The number of ketones is 1. The lowest BCUT2D eigenvalue weighted by Crippen LogP contribution is -2.48. The second-order valence-corrected chi connectivity index (χ2v) is 8.70. The molecule has 1 N–H and O–H groups in total. The molecule has 25 heavy (non-hydrogen) atoms. The van der Waals surface area contributed by atoms with Crippen LogP contribution in [-0.2, 0) is 14.6 Å². The molecule has 1 spiro atoms. The van der Waals surface area contributed by atoms with Crippen molar-refractivity contribution in [1.82, 2.24) is 10.2 Å². The molecule has 2 fully saturated rings. The van der Waals surface area contributed by atoms with E-state index in [0.717, 1.165) is 30.4 Å². The Balaban J connectivity index is 1.74. The number of carbonyl (C=O) groups is 3. The lowest BCUT2D eigenvalue weighted by Gasteiger charge is -2.30. The maximum atomic E-state index is 12.7. The van der Waals surface area contributed by atoms with Gasteiger partial charge in [0.25, 0.3) is 5.91 Å². The van der Waals surface area contributed by atoms with Gasteiger partial charge in [-0.3, -0.25) is 14.5 Å². The Morgan fingerprint density at radius 3 is 2.28 bits per heavy atom. The summed E-state index contributed by atoms with van der Waals surface area (Å²) in [6.45, 7) is -0.343. The van der Waals surface area contributed by atoms with Gasteiger partial charge in [-0.15, -0.1) is 0 Å². The van der Waals surface area contributed by atoms with Crippen molar-refractivity contribution >= 4 is 27.6 Å². The van der Waals surface area contributed by atoms with Gasteiger partial charge >= 0.3 is 6.03 Å². The molecule has 0 aromatic heterocycles. The van der Waals surface area contributed by atoms with E-state index in [-0.39, 0.29) is 22.9 Å². The van der Waals surface area contributed by atoms with Crippen molar-refractivity contribution in [3.05, 3.63) is 29.8 Å². The highest BCUT2D eigenvalue weighted by Crippen LogP contribution is 2.33. The van der Waals surface area contributed by atoms with Crippen LogP contribution in [0.3, 0.4) is 0 Å². The number of nitrogens with one attached hydrogen (secondary N) is 1. The third kappa shape index (κ3) is 3.30. The average Bonchev–Trinajstić information content (AvgIpc) is 2.79. The van der Waals surface area contributed by atoms with Crippen molar-refractivity contribution in [2.75, 3.05) is 12.8 Å². The molecule has 1 saturated carbocycles. The highest BCUT2D eigenvalue weighted by atomic mass is 32.2. The van der Waals surface area contributed by atoms with Gasteiger partial charge in [-0.2, -0.15) is 0 Å². The zero-order chi connectivity index (χ0) is 18.2. The summed E-state index contributed by atoms with van der Waals surface area (Å²) in [5.74, 6) is -0.741. The Kier molecular flexibility index (Phi) is 4.40. The van der Waals surface area contributed by atoms with Crippen LogP contribution in [0.4, 0.5) is 4.79 Å². The van der Waals surface area contributed by atoms with Crippen LogP contribution < -0.4 is 5.32 Å². The van der Waals surface area contributed by atoms with E-state index >= 15 is 0 Å². The molecule has 1 aromatic rings. The summed E-state index contributed by atoms with van der Waals surface area (Å²) in [4.78, 5) is 38.3. The van der Waals surface area contributed by atoms with Crippen LogP contribution in [0.25, 0.3) is 0 Å². The first-order valence-electron chi connectivity index (χ1n) is 8.20. The Bertz CT molecular complexity index is 823. The first-order valence-corrected chi connectivity index (χ1v) is 10.1. The van der Waals surface area contributed by atoms with Gasteiger partial charge < -0.3 is 5.32 Å². The molecule has 0 bridgehead atoms. The molecule has 1 aliphatic heterocycles. The smallest absolute Gasteiger partial charge is 0.323 e. The van der Waals surface area contributed by atoms with Crippen LogP contribution in [0.1, 0.15) is 42.5 Å². The lowest BCUT2D eigenvalue weighted by atomic mass is 9.82. The monoisotopic (exact) mass is 364 g/mol. The van der Waals surface area contributed by atoms with Gasteiger partial charge in [0.15, 0.2) is 15.6 Å². The molecule has 1 aliphatic carbocycles. The van der Waals surface area contributed by atoms with Crippen molar-refractivity contribution in [3.63, 3.8) is 0 Å². The van der Waals surface area contributed by atoms with Crippen molar-refractivity contribution in [2.45, 2.75) is 42.5 Å². The Morgan fingerprint density at radius 1 is 1.12 bits per heavy atom. The maximum Gasteiger partial charge on any atom is 0.325 e. The summed E-state index contributed by atoms with van der Waals surface area (Å²) >= 11 is 0. The highest BCUT2D eigenvalue weighted by molar-refractivity contribution is 7.90. The summed E-state index contributed by atoms with van der Waals surface area (Å²) < 4.78 is 22.9. The number of rotatable bonds is 4. The molecule has 134 valence electrons. The largest absolute Gasteiger partial charge is 0.325 e. The molecular weight excluding hydrogens is 344 g/mol. The van der Waals surface area contributed by atoms with Gasteiger partial charge in [0.1, 0.15) is 5.54 Å². The zero-order valence-corrected chi connectivity index (χ0v) is 14.8. The van der Waals surface area contributed by atoms with Crippen molar-refractivity contribution in [1.29, 1.82) is 0 Å². The van der Waals surface area contributed by atoms with Gasteiger partial charge in [-0.25, -0.2) is 13.2 Å². The predicted molar refractivity (Wildman–Crippen MR) is 89.9 cm³/mol. The standard InChI is InChI=1S/C17H20N2O5S/c1-25(23,24)13-7-5-12(6-8-13)14(20)11-19-15(21)17(18-16(19)22)9-3-2-4-10-17/h5-8H,2-4,9-11H2,1H3,(H,18,22). The quantitative estimate of drug-likeness (QED) is 0.645. The Labute approximate surface area is 146 Å². The summed E-state index contributed by atoms with van der Waals surface area (Å²) in [5, 5.41) is 2.76. The SMILES string of the molecule is CS(=O)(=O)c1ccc(C(=O)CN2C(=O)NC3(CCCCC3)C2=O)cc1. The Morgan fingerprint density at radius 2 is 1.72 bits per heavy atom. The minimum atomic E-state index is -3.34. The van der Waals surface area contributed by atoms with Gasteiger partial charge in [0, 0.05) is 11.8 Å². The fourth-order valence-corrected chi connectivity index (χ4v) is 4.07. The van der Waals surface area contributed by atoms with Crippen molar-refractivity contribution < 1.29 is 22.8 Å². The van der Waals surface area contributed by atoms with Crippen molar-refractivity contribution in [3.8, 4) is 0 Å². The molecule has 8 heteroatoms. The number of urea groups is 1. The van der Waals surface area contributed by atoms with Crippen LogP contribution in [0.2, 0.25) is 0 Å². The Hall–Kier alpha value is -2.22. The molecule has 2 aliphatic rings. The van der Waals surface area contributed by atoms with Crippen LogP contribution in [0.15, 0.2) is 29.2 Å². The number of hydrogen-bond acceptors (Lipinski definition) is 5. The molecule has 0 atom stereocenters. The van der Waals surface area contributed by atoms with E-state index in [1.54, 1.807) is 0 Å². The molecule has 1 heterocycles. The summed E-state index contributed by atoms with van der Waals surface area (Å²) in [7, 11) is -3.34. The van der Waals surface area contributed by atoms with Crippen LogP contribution in [0, 0.1) is 0 Å². The first-order chi connectivity index (χ1) is 11.7. The van der Waals surface area contributed by atoms with Crippen LogP contribution >= 0.6 is 0 Å². The van der Waals surface area contributed by atoms with Gasteiger partial charge in [-0.05, 0) is 25.0 Å². The molecule has 3 rings (SSSR count). The van der Waals surface area contributed by atoms with Crippen molar-refractivity contribution in [2.24, 2.45) is 0 Å². The lowest BCUT2D eigenvalue weighted by molar-refractivity contribution is -0.132. The molecule has 7 nitrogen and oxygen atoms in total. The van der Waals surface area contributed by atoms with E-state index in [9.17, 15) is 22.8 Å². The average molecular weight is 364 g/mol. The number of hydrogen-bond donors (Lipinski definition) is 1. The van der Waals surface area contributed by atoms with Crippen LogP contribution in [-0.4, -0.2) is 49.4 Å². The van der Waals surface area contributed by atoms with E-state index in [2.05, 4.69) is 5.32 Å². The van der Waals surface area contributed by atoms with Gasteiger partial charge in [-0.1, -0.05) is 31.4 Å². The number of amides is 3. The first kappa shape index (κ1) is 17.6. The molecule has 0 unspecified atom stereocenters.